The lowest BCUT2D eigenvalue weighted by atomic mass is 10.0. The monoisotopic (exact) mass is 281 g/mol. The average Bonchev–Trinajstić information content (AvgIpc) is 2.93. The van der Waals surface area contributed by atoms with E-state index in [-0.39, 0.29) is 5.78 Å². The molecule has 3 N–H and O–H groups in total. The summed E-state index contributed by atoms with van der Waals surface area (Å²) in [6.07, 6.45) is 5.04. The molecule has 0 radical (unpaired) electrons. The molecule has 2 aromatic heterocycles. The molecule has 3 rings (SSSR count). The SMILES string of the molecule is CCOc1c(N)cccc1C(=O)c1c[nH]c2ccncc12. The number of pyridine rings is 1. The quantitative estimate of drug-likeness (QED) is 0.569. The number of hydrogen-bond acceptors (Lipinski definition) is 4. The molecule has 0 saturated carbocycles. The Bertz CT molecular complexity index is 808. The summed E-state index contributed by atoms with van der Waals surface area (Å²) in [6.45, 7) is 2.31. The van der Waals surface area contributed by atoms with Gasteiger partial charge in [0.25, 0.3) is 0 Å². The lowest BCUT2D eigenvalue weighted by molar-refractivity contribution is 0.103. The highest BCUT2D eigenvalue weighted by Gasteiger charge is 2.19. The van der Waals surface area contributed by atoms with Crippen LogP contribution in [-0.4, -0.2) is 22.4 Å². The van der Waals surface area contributed by atoms with Gasteiger partial charge in [-0.05, 0) is 25.1 Å². The molecule has 0 spiro atoms. The number of nitrogens with one attached hydrogen (secondary N) is 1. The topological polar surface area (TPSA) is 81.0 Å². The molecule has 0 aliphatic rings. The summed E-state index contributed by atoms with van der Waals surface area (Å²) in [6, 6.07) is 7.02. The van der Waals surface area contributed by atoms with Gasteiger partial charge < -0.3 is 15.5 Å². The van der Waals surface area contributed by atoms with Gasteiger partial charge in [0, 0.05) is 35.1 Å². The molecular formula is C16H15N3O2. The Labute approximate surface area is 121 Å². The lowest BCUT2D eigenvalue weighted by Gasteiger charge is -2.11. The number of aromatic nitrogens is 2. The van der Waals surface area contributed by atoms with E-state index in [1.807, 2.05) is 13.0 Å². The maximum Gasteiger partial charge on any atom is 0.199 e. The van der Waals surface area contributed by atoms with Crippen molar-refractivity contribution in [1.82, 2.24) is 9.97 Å². The predicted octanol–water partition coefficient (Wildman–Crippen LogP) is 2.77. The minimum atomic E-state index is -0.134. The highest BCUT2D eigenvalue weighted by atomic mass is 16.5. The normalized spacial score (nSPS) is 10.7. The number of anilines is 1. The van der Waals surface area contributed by atoms with Crippen molar-refractivity contribution in [3.8, 4) is 5.75 Å². The van der Waals surface area contributed by atoms with Crippen LogP contribution >= 0.6 is 0 Å². The highest BCUT2D eigenvalue weighted by Crippen LogP contribution is 2.30. The second kappa shape index (κ2) is 5.28. The fourth-order valence-electron chi connectivity index (χ4n) is 2.33. The molecule has 0 aliphatic carbocycles. The first-order valence-corrected chi connectivity index (χ1v) is 6.69. The lowest BCUT2D eigenvalue weighted by Crippen LogP contribution is -2.07. The van der Waals surface area contributed by atoms with Crippen LogP contribution in [0.25, 0.3) is 10.9 Å². The van der Waals surface area contributed by atoms with Gasteiger partial charge in [-0.15, -0.1) is 0 Å². The summed E-state index contributed by atoms with van der Waals surface area (Å²) in [7, 11) is 0. The molecule has 106 valence electrons. The van der Waals surface area contributed by atoms with Gasteiger partial charge in [0.15, 0.2) is 11.5 Å². The Morgan fingerprint density at radius 3 is 3.00 bits per heavy atom. The van der Waals surface area contributed by atoms with Crippen molar-refractivity contribution >= 4 is 22.4 Å². The molecule has 0 fully saturated rings. The van der Waals surface area contributed by atoms with Crippen LogP contribution in [0.15, 0.2) is 42.9 Å². The van der Waals surface area contributed by atoms with Gasteiger partial charge >= 0.3 is 0 Å². The van der Waals surface area contributed by atoms with E-state index in [1.165, 1.54) is 0 Å². The smallest absolute Gasteiger partial charge is 0.199 e. The number of nitrogens with zero attached hydrogens (tertiary/aromatic N) is 1. The minimum absolute atomic E-state index is 0.134. The van der Waals surface area contributed by atoms with Gasteiger partial charge in [0.2, 0.25) is 0 Å². The maximum atomic E-state index is 12.8. The summed E-state index contributed by atoms with van der Waals surface area (Å²) in [5.74, 6) is 0.299. The van der Waals surface area contributed by atoms with E-state index in [9.17, 15) is 4.79 Å². The van der Waals surface area contributed by atoms with Crippen molar-refractivity contribution < 1.29 is 9.53 Å². The van der Waals surface area contributed by atoms with E-state index in [1.54, 1.807) is 36.8 Å². The number of ether oxygens (including phenoxy) is 1. The molecule has 0 amide bonds. The van der Waals surface area contributed by atoms with Crippen LogP contribution in [0.5, 0.6) is 5.75 Å². The van der Waals surface area contributed by atoms with E-state index >= 15 is 0 Å². The van der Waals surface area contributed by atoms with E-state index in [0.29, 0.717) is 29.2 Å². The van der Waals surface area contributed by atoms with Crippen LogP contribution in [0.4, 0.5) is 5.69 Å². The van der Waals surface area contributed by atoms with Crippen molar-refractivity contribution in [2.75, 3.05) is 12.3 Å². The third-order valence-electron chi connectivity index (χ3n) is 3.31. The largest absolute Gasteiger partial charge is 0.491 e. The number of ketones is 1. The fourth-order valence-corrected chi connectivity index (χ4v) is 2.33. The molecule has 5 nitrogen and oxygen atoms in total. The van der Waals surface area contributed by atoms with Gasteiger partial charge in [-0.2, -0.15) is 0 Å². The Morgan fingerprint density at radius 1 is 1.33 bits per heavy atom. The average molecular weight is 281 g/mol. The first-order valence-electron chi connectivity index (χ1n) is 6.69. The number of hydrogen-bond donors (Lipinski definition) is 2. The van der Waals surface area contributed by atoms with Crippen LogP contribution in [0.3, 0.4) is 0 Å². The molecular weight excluding hydrogens is 266 g/mol. The van der Waals surface area contributed by atoms with Gasteiger partial charge in [-0.3, -0.25) is 9.78 Å². The number of nitrogen functional groups attached to an aromatic ring is 1. The molecule has 2 heterocycles. The number of benzene rings is 1. The molecule has 0 saturated heterocycles. The maximum absolute atomic E-state index is 12.8. The zero-order valence-electron chi connectivity index (χ0n) is 11.6. The van der Waals surface area contributed by atoms with Crippen molar-refractivity contribution in [2.45, 2.75) is 6.92 Å². The molecule has 3 aromatic rings. The number of para-hydroxylation sites is 1. The van der Waals surface area contributed by atoms with Crippen LogP contribution in [-0.2, 0) is 0 Å². The molecule has 5 heteroatoms. The molecule has 0 atom stereocenters. The van der Waals surface area contributed by atoms with Crippen LogP contribution in [0.2, 0.25) is 0 Å². The molecule has 1 aromatic carbocycles. The summed E-state index contributed by atoms with van der Waals surface area (Å²) >= 11 is 0. The Balaban J connectivity index is 2.13. The number of H-pyrrole nitrogens is 1. The fraction of sp³-hybridized carbons (Fsp3) is 0.125. The van der Waals surface area contributed by atoms with E-state index in [2.05, 4.69) is 9.97 Å². The van der Waals surface area contributed by atoms with Crippen molar-refractivity contribution in [1.29, 1.82) is 0 Å². The number of aromatic amines is 1. The predicted molar refractivity (Wildman–Crippen MR) is 81.5 cm³/mol. The summed E-state index contributed by atoms with van der Waals surface area (Å²) in [5.41, 5.74) is 8.26. The van der Waals surface area contributed by atoms with Crippen LogP contribution < -0.4 is 10.5 Å². The third kappa shape index (κ3) is 2.23. The van der Waals surface area contributed by atoms with Crippen molar-refractivity contribution in [3.63, 3.8) is 0 Å². The van der Waals surface area contributed by atoms with Crippen molar-refractivity contribution in [3.05, 3.63) is 54.0 Å². The molecule has 0 bridgehead atoms. The zero-order valence-corrected chi connectivity index (χ0v) is 11.6. The van der Waals surface area contributed by atoms with Gasteiger partial charge in [0.1, 0.15) is 0 Å². The summed E-state index contributed by atoms with van der Waals surface area (Å²) in [5, 5.41) is 0.785. The van der Waals surface area contributed by atoms with Crippen molar-refractivity contribution in [2.24, 2.45) is 0 Å². The standard InChI is InChI=1S/C16H15N3O2/c1-2-21-16-10(4-3-5-13(16)17)15(20)12-9-19-14-6-7-18-8-11(12)14/h3-9,19H,2,17H2,1H3. The zero-order chi connectivity index (χ0) is 14.8. The second-order valence-corrected chi connectivity index (χ2v) is 4.61. The first kappa shape index (κ1) is 13.2. The second-order valence-electron chi connectivity index (χ2n) is 4.61. The number of carbonyl (C=O) groups excluding carboxylic acids is 1. The number of rotatable bonds is 4. The van der Waals surface area contributed by atoms with Gasteiger partial charge in [-0.25, -0.2) is 0 Å². The highest BCUT2D eigenvalue weighted by molar-refractivity contribution is 6.17. The Kier molecular flexibility index (Phi) is 3.31. The third-order valence-corrected chi connectivity index (χ3v) is 3.31. The summed E-state index contributed by atoms with van der Waals surface area (Å²) in [4.78, 5) is 19.9. The Hall–Kier alpha value is -2.82. The Morgan fingerprint density at radius 2 is 2.19 bits per heavy atom. The van der Waals surface area contributed by atoms with E-state index in [4.69, 9.17) is 10.5 Å². The number of carbonyl (C=O) groups is 1. The van der Waals surface area contributed by atoms with E-state index < -0.39 is 0 Å². The van der Waals surface area contributed by atoms with Crippen LogP contribution in [0.1, 0.15) is 22.8 Å². The minimum Gasteiger partial charge on any atom is -0.491 e. The molecule has 0 aliphatic heterocycles. The molecule has 0 unspecified atom stereocenters. The van der Waals surface area contributed by atoms with Gasteiger partial charge in [-0.1, -0.05) is 6.07 Å². The van der Waals surface area contributed by atoms with Crippen LogP contribution in [0, 0.1) is 0 Å². The summed E-state index contributed by atoms with van der Waals surface area (Å²) < 4.78 is 5.53. The number of nitrogens with two attached hydrogens (primary N) is 1. The van der Waals surface area contributed by atoms with Gasteiger partial charge in [0.05, 0.1) is 17.9 Å². The molecule has 21 heavy (non-hydrogen) atoms. The number of fused-ring (bicyclic) bond motifs is 1. The first-order chi connectivity index (χ1) is 10.2. The van der Waals surface area contributed by atoms with E-state index in [0.717, 1.165) is 10.9 Å².